The molecule has 0 radical (unpaired) electrons. The summed E-state index contributed by atoms with van der Waals surface area (Å²) in [4.78, 5) is 27.2. The Hall–Kier alpha value is -3.61. The van der Waals surface area contributed by atoms with E-state index < -0.39 is 5.97 Å². The highest BCUT2D eigenvalue weighted by Crippen LogP contribution is 2.27. The maximum Gasteiger partial charge on any atom is 0.359 e. The maximum atomic E-state index is 13.0. The molecule has 0 fully saturated rings. The van der Waals surface area contributed by atoms with Crippen molar-refractivity contribution in [1.29, 1.82) is 0 Å². The van der Waals surface area contributed by atoms with Crippen molar-refractivity contribution in [2.24, 2.45) is 0 Å². The van der Waals surface area contributed by atoms with Crippen LogP contribution in [-0.4, -0.2) is 44.8 Å². The number of phenols is 1. The van der Waals surface area contributed by atoms with E-state index in [0.717, 1.165) is 16.9 Å². The van der Waals surface area contributed by atoms with Gasteiger partial charge in [0.15, 0.2) is 5.69 Å². The molecule has 1 N–H and O–H groups in total. The SMILES string of the molecule is CCOC(=O)c1nn(-c2ccc(C)cc2)c2c1CN(C(=O)c1cccc(O)c1)CC2. The highest BCUT2D eigenvalue weighted by molar-refractivity contribution is 5.95. The quantitative estimate of drug-likeness (QED) is 0.674. The van der Waals surface area contributed by atoms with Crippen LogP contribution in [0.4, 0.5) is 0 Å². The van der Waals surface area contributed by atoms with Crippen molar-refractivity contribution in [1.82, 2.24) is 14.7 Å². The van der Waals surface area contributed by atoms with Crippen molar-refractivity contribution in [2.45, 2.75) is 26.8 Å². The molecule has 1 aliphatic heterocycles. The number of carbonyl (C=O) groups is 2. The molecule has 0 atom stereocenters. The lowest BCUT2D eigenvalue weighted by atomic mass is 10.0. The van der Waals surface area contributed by atoms with E-state index >= 15 is 0 Å². The number of benzene rings is 2. The minimum absolute atomic E-state index is 0.0398. The molecule has 7 nitrogen and oxygen atoms in total. The van der Waals surface area contributed by atoms with Gasteiger partial charge in [-0.25, -0.2) is 9.48 Å². The van der Waals surface area contributed by atoms with Gasteiger partial charge in [-0.15, -0.1) is 0 Å². The minimum atomic E-state index is -0.494. The summed E-state index contributed by atoms with van der Waals surface area (Å²) in [5.41, 5.74) is 4.24. The van der Waals surface area contributed by atoms with Crippen LogP contribution in [0.15, 0.2) is 48.5 Å². The summed E-state index contributed by atoms with van der Waals surface area (Å²) in [5.74, 6) is -0.654. The Kier molecular flexibility index (Phi) is 5.27. The number of aromatic hydroxyl groups is 1. The van der Waals surface area contributed by atoms with Gasteiger partial charge in [-0.2, -0.15) is 5.10 Å². The first kappa shape index (κ1) is 19.7. The first-order valence-electron chi connectivity index (χ1n) is 9.91. The molecule has 0 unspecified atom stereocenters. The van der Waals surface area contributed by atoms with Crippen molar-refractivity contribution in [3.63, 3.8) is 0 Å². The van der Waals surface area contributed by atoms with Crippen molar-refractivity contribution in [3.05, 3.63) is 76.6 Å². The molecular weight excluding hydrogens is 382 g/mol. The van der Waals surface area contributed by atoms with E-state index in [-0.39, 0.29) is 30.5 Å². The molecular formula is C23H23N3O4. The zero-order valence-electron chi connectivity index (χ0n) is 17.0. The third-order valence-corrected chi connectivity index (χ3v) is 5.19. The minimum Gasteiger partial charge on any atom is -0.508 e. The predicted molar refractivity (Wildman–Crippen MR) is 111 cm³/mol. The van der Waals surface area contributed by atoms with Gasteiger partial charge in [-0.05, 0) is 44.2 Å². The molecule has 0 bridgehead atoms. The molecule has 1 amide bonds. The zero-order valence-corrected chi connectivity index (χ0v) is 17.0. The van der Waals surface area contributed by atoms with Crippen molar-refractivity contribution in [2.75, 3.05) is 13.2 Å². The highest BCUT2D eigenvalue weighted by atomic mass is 16.5. The van der Waals surface area contributed by atoms with Gasteiger partial charge < -0.3 is 14.7 Å². The summed E-state index contributed by atoms with van der Waals surface area (Å²) in [5, 5.41) is 14.3. The predicted octanol–water partition coefficient (Wildman–Crippen LogP) is 3.26. The summed E-state index contributed by atoms with van der Waals surface area (Å²) in [7, 11) is 0. The zero-order chi connectivity index (χ0) is 21.3. The number of amides is 1. The number of aryl methyl sites for hydroxylation is 1. The van der Waals surface area contributed by atoms with Crippen molar-refractivity contribution >= 4 is 11.9 Å². The molecule has 154 valence electrons. The number of hydrogen-bond donors (Lipinski definition) is 1. The molecule has 3 aromatic rings. The average Bonchev–Trinajstić information content (AvgIpc) is 3.13. The van der Waals surface area contributed by atoms with Crippen LogP contribution in [0.25, 0.3) is 5.69 Å². The van der Waals surface area contributed by atoms with E-state index in [1.165, 1.54) is 12.1 Å². The number of phenolic OH excluding ortho intramolecular Hbond substituents is 1. The molecule has 2 aromatic carbocycles. The van der Waals surface area contributed by atoms with Crippen LogP contribution < -0.4 is 0 Å². The van der Waals surface area contributed by atoms with Crippen LogP contribution in [0, 0.1) is 6.92 Å². The fraction of sp³-hybridized carbons (Fsp3) is 0.261. The molecule has 0 saturated heterocycles. The normalized spacial score (nSPS) is 13.1. The van der Waals surface area contributed by atoms with E-state index in [1.807, 2.05) is 31.2 Å². The maximum absolute atomic E-state index is 13.0. The van der Waals surface area contributed by atoms with Gasteiger partial charge in [-0.1, -0.05) is 23.8 Å². The van der Waals surface area contributed by atoms with Gasteiger partial charge in [-0.3, -0.25) is 4.79 Å². The molecule has 30 heavy (non-hydrogen) atoms. The molecule has 2 heterocycles. The Labute approximate surface area is 174 Å². The van der Waals surface area contributed by atoms with E-state index in [1.54, 1.807) is 28.6 Å². The van der Waals surface area contributed by atoms with Crippen LogP contribution >= 0.6 is 0 Å². The van der Waals surface area contributed by atoms with Gasteiger partial charge in [0.1, 0.15) is 5.75 Å². The van der Waals surface area contributed by atoms with E-state index in [2.05, 4.69) is 5.10 Å². The molecule has 0 saturated carbocycles. The largest absolute Gasteiger partial charge is 0.508 e. The summed E-state index contributed by atoms with van der Waals surface area (Å²) < 4.78 is 6.98. The van der Waals surface area contributed by atoms with Crippen LogP contribution in [0.5, 0.6) is 5.75 Å². The number of hydrogen-bond acceptors (Lipinski definition) is 5. The summed E-state index contributed by atoms with van der Waals surface area (Å²) in [6, 6.07) is 14.2. The second kappa shape index (κ2) is 8.02. The van der Waals surface area contributed by atoms with Gasteiger partial charge in [0.2, 0.25) is 0 Å². The lowest BCUT2D eigenvalue weighted by molar-refractivity contribution is 0.0513. The number of rotatable bonds is 4. The van der Waals surface area contributed by atoms with E-state index in [9.17, 15) is 14.7 Å². The van der Waals surface area contributed by atoms with Gasteiger partial charge in [0.25, 0.3) is 5.91 Å². The molecule has 4 rings (SSSR count). The van der Waals surface area contributed by atoms with Gasteiger partial charge >= 0.3 is 5.97 Å². The smallest absolute Gasteiger partial charge is 0.359 e. The number of nitrogens with zero attached hydrogens (tertiary/aromatic N) is 3. The van der Waals surface area contributed by atoms with Crippen LogP contribution in [0.3, 0.4) is 0 Å². The standard InChI is InChI=1S/C23H23N3O4/c1-3-30-23(29)21-19-14-25(22(28)16-5-4-6-18(27)13-16)12-11-20(19)26(24-21)17-9-7-15(2)8-10-17/h4-10,13,27H,3,11-12,14H2,1-2H3. The van der Waals surface area contributed by atoms with Crippen LogP contribution in [-0.2, 0) is 17.7 Å². The van der Waals surface area contributed by atoms with E-state index in [0.29, 0.717) is 24.1 Å². The second-order valence-corrected chi connectivity index (χ2v) is 7.27. The molecule has 1 aromatic heterocycles. The number of ether oxygens (including phenoxy) is 1. The first-order chi connectivity index (χ1) is 14.5. The molecule has 0 spiro atoms. The lowest BCUT2D eigenvalue weighted by Gasteiger charge is -2.28. The Morgan fingerprint density at radius 3 is 2.63 bits per heavy atom. The molecule has 0 aliphatic carbocycles. The summed E-state index contributed by atoms with van der Waals surface area (Å²) in [6.45, 7) is 4.75. The third-order valence-electron chi connectivity index (χ3n) is 5.19. The van der Waals surface area contributed by atoms with E-state index in [4.69, 9.17) is 4.74 Å². The Bertz CT molecular complexity index is 1100. The van der Waals surface area contributed by atoms with Crippen LogP contribution in [0.1, 0.15) is 44.6 Å². The topological polar surface area (TPSA) is 84.7 Å². The van der Waals surface area contributed by atoms with Crippen LogP contribution in [0.2, 0.25) is 0 Å². The number of esters is 1. The summed E-state index contributed by atoms with van der Waals surface area (Å²) >= 11 is 0. The Morgan fingerprint density at radius 1 is 1.17 bits per heavy atom. The van der Waals surface area contributed by atoms with Gasteiger partial charge in [0.05, 0.1) is 24.5 Å². The Balaban J connectivity index is 1.72. The average molecular weight is 405 g/mol. The van der Waals surface area contributed by atoms with Gasteiger partial charge in [0, 0.05) is 24.1 Å². The Morgan fingerprint density at radius 2 is 1.93 bits per heavy atom. The number of aromatic nitrogens is 2. The fourth-order valence-electron chi connectivity index (χ4n) is 3.68. The first-order valence-corrected chi connectivity index (χ1v) is 9.91. The number of fused-ring (bicyclic) bond motifs is 1. The highest BCUT2D eigenvalue weighted by Gasteiger charge is 2.31. The third kappa shape index (κ3) is 3.66. The number of carbonyl (C=O) groups excluding carboxylic acids is 2. The fourth-order valence-corrected chi connectivity index (χ4v) is 3.68. The monoisotopic (exact) mass is 405 g/mol. The second-order valence-electron chi connectivity index (χ2n) is 7.27. The molecule has 7 heteroatoms. The lowest BCUT2D eigenvalue weighted by Crippen LogP contribution is -2.36. The van der Waals surface area contributed by atoms with Crippen molar-refractivity contribution in [3.8, 4) is 11.4 Å². The van der Waals surface area contributed by atoms with Crippen molar-refractivity contribution < 1.29 is 19.4 Å². The molecule has 1 aliphatic rings. The summed E-state index contributed by atoms with van der Waals surface area (Å²) in [6.07, 6.45) is 0.556.